The summed E-state index contributed by atoms with van der Waals surface area (Å²) in [6, 6.07) is 10.5. The number of quaternary nitrogens is 1. The molecule has 1 aliphatic heterocycles. The minimum absolute atomic E-state index is 0.896. The Kier molecular flexibility index (Phi) is 3.18. The van der Waals surface area contributed by atoms with Gasteiger partial charge in [0.1, 0.15) is 13.1 Å². The standard InChI is InChI=1S/C15H17ClNS/c1-17(10-12-4-2-3-5-14(12)16)8-6-15-13(11-17)7-9-18-15/h2-5,7,9H,6,8,10-11H2,1H3/q+1/t17-/m0/s1. The molecule has 1 nitrogen and oxygen atoms in total. The predicted molar refractivity (Wildman–Crippen MR) is 77.9 cm³/mol. The summed E-state index contributed by atoms with van der Waals surface area (Å²) in [5.41, 5.74) is 2.79. The summed E-state index contributed by atoms with van der Waals surface area (Å²) in [5.74, 6) is 0. The predicted octanol–water partition coefficient (Wildman–Crippen LogP) is 4.10. The van der Waals surface area contributed by atoms with E-state index in [4.69, 9.17) is 11.6 Å². The second kappa shape index (κ2) is 4.69. The van der Waals surface area contributed by atoms with E-state index in [-0.39, 0.29) is 0 Å². The molecular formula is C15H17ClNS+. The molecular weight excluding hydrogens is 262 g/mol. The van der Waals surface area contributed by atoms with Crippen molar-refractivity contribution in [1.82, 2.24) is 0 Å². The van der Waals surface area contributed by atoms with Crippen molar-refractivity contribution >= 4 is 22.9 Å². The Hall–Kier alpha value is -0.830. The van der Waals surface area contributed by atoms with Crippen LogP contribution in [0.3, 0.4) is 0 Å². The topological polar surface area (TPSA) is 0 Å². The van der Waals surface area contributed by atoms with E-state index < -0.39 is 0 Å². The van der Waals surface area contributed by atoms with Crippen molar-refractivity contribution < 1.29 is 4.48 Å². The van der Waals surface area contributed by atoms with Gasteiger partial charge in [-0.05, 0) is 17.5 Å². The first-order chi connectivity index (χ1) is 8.66. The lowest BCUT2D eigenvalue weighted by atomic mass is 10.1. The quantitative estimate of drug-likeness (QED) is 0.726. The van der Waals surface area contributed by atoms with E-state index in [0.717, 1.165) is 22.6 Å². The van der Waals surface area contributed by atoms with E-state index in [9.17, 15) is 0 Å². The largest absolute Gasteiger partial charge is 0.318 e. The highest BCUT2D eigenvalue weighted by molar-refractivity contribution is 7.10. The highest BCUT2D eigenvalue weighted by Crippen LogP contribution is 2.30. The van der Waals surface area contributed by atoms with Crippen LogP contribution >= 0.6 is 22.9 Å². The van der Waals surface area contributed by atoms with Gasteiger partial charge in [0.15, 0.2) is 0 Å². The number of hydrogen-bond donors (Lipinski definition) is 0. The summed E-state index contributed by atoms with van der Waals surface area (Å²) < 4.78 is 1.06. The maximum Gasteiger partial charge on any atom is 0.106 e. The van der Waals surface area contributed by atoms with E-state index >= 15 is 0 Å². The van der Waals surface area contributed by atoms with Gasteiger partial charge >= 0.3 is 0 Å². The Balaban J connectivity index is 1.83. The number of halogens is 1. The number of thiophene rings is 1. The lowest BCUT2D eigenvalue weighted by molar-refractivity contribution is -0.937. The zero-order valence-corrected chi connectivity index (χ0v) is 12.1. The molecule has 0 fully saturated rings. The molecule has 0 unspecified atom stereocenters. The van der Waals surface area contributed by atoms with Gasteiger partial charge in [0.05, 0.1) is 13.6 Å². The highest BCUT2D eigenvalue weighted by Gasteiger charge is 2.29. The lowest BCUT2D eigenvalue weighted by Crippen LogP contribution is -2.46. The molecule has 0 saturated carbocycles. The molecule has 2 heterocycles. The van der Waals surface area contributed by atoms with Crippen LogP contribution in [0.4, 0.5) is 0 Å². The summed E-state index contributed by atoms with van der Waals surface area (Å²) in [4.78, 5) is 1.57. The molecule has 0 spiro atoms. The monoisotopic (exact) mass is 278 g/mol. The molecule has 0 radical (unpaired) electrons. The summed E-state index contributed by atoms with van der Waals surface area (Å²) in [7, 11) is 2.34. The number of rotatable bonds is 2. The fraction of sp³-hybridized carbons (Fsp3) is 0.333. The van der Waals surface area contributed by atoms with Crippen LogP contribution in [0, 0.1) is 0 Å². The zero-order valence-electron chi connectivity index (χ0n) is 10.5. The first-order valence-corrected chi connectivity index (χ1v) is 7.54. The zero-order chi connectivity index (χ0) is 12.6. The molecule has 0 N–H and O–H groups in total. The molecule has 3 rings (SSSR count). The second-order valence-corrected chi connectivity index (χ2v) is 6.78. The van der Waals surface area contributed by atoms with Crippen molar-refractivity contribution in [2.24, 2.45) is 0 Å². The molecule has 2 aromatic rings. The van der Waals surface area contributed by atoms with Gasteiger partial charge in [-0.15, -0.1) is 11.3 Å². The molecule has 18 heavy (non-hydrogen) atoms. The van der Waals surface area contributed by atoms with Crippen LogP contribution in [0.1, 0.15) is 16.0 Å². The fourth-order valence-corrected chi connectivity index (χ4v) is 3.85. The minimum Gasteiger partial charge on any atom is -0.318 e. The van der Waals surface area contributed by atoms with Crippen LogP contribution in [0.15, 0.2) is 35.7 Å². The number of nitrogens with zero attached hydrogens (tertiary/aromatic N) is 1. The number of likely N-dealkylation sites (N-methyl/N-ethyl adjacent to an activating group) is 1. The SMILES string of the molecule is C[N@@+]1(Cc2ccccc2Cl)CCc2sccc2C1. The summed E-state index contributed by atoms with van der Waals surface area (Å²) in [5, 5.41) is 3.11. The molecule has 0 aliphatic carbocycles. The van der Waals surface area contributed by atoms with Gasteiger partial charge in [-0.3, -0.25) is 0 Å². The Morgan fingerprint density at radius 3 is 2.94 bits per heavy atom. The Morgan fingerprint density at radius 2 is 2.11 bits per heavy atom. The van der Waals surface area contributed by atoms with Gasteiger partial charge in [0, 0.05) is 27.4 Å². The fourth-order valence-electron chi connectivity index (χ4n) is 2.76. The van der Waals surface area contributed by atoms with Crippen molar-refractivity contribution in [1.29, 1.82) is 0 Å². The van der Waals surface area contributed by atoms with E-state index in [1.54, 1.807) is 4.88 Å². The molecule has 3 heteroatoms. The molecule has 0 bridgehead atoms. The number of benzene rings is 1. The minimum atomic E-state index is 0.896. The molecule has 94 valence electrons. The van der Waals surface area contributed by atoms with Gasteiger partial charge < -0.3 is 4.48 Å². The summed E-state index contributed by atoms with van der Waals surface area (Å²) >= 11 is 8.18. The van der Waals surface area contributed by atoms with E-state index in [2.05, 4.69) is 30.6 Å². The normalized spacial score (nSPS) is 22.8. The van der Waals surface area contributed by atoms with Crippen LogP contribution in [0.25, 0.3) is 0 Å². The van der Waals surface area contributed by atoms with E-state index in [1.807, 2.05) is 23.5 Å². The average Bonchev–Trinajstić information content (AvgIpc) is 2.79. The molecule has 1 atom stereocenters. The van der Waals surface area contributed by atoms with E-state index in [1.165, 1.54) is 24.1 Å². The average molecular weight is 279 g/mol. The Morgan fingerprint density at radius 1 is 1.28 bits per heavy atom. The highest BCUT2D eigenvalue weighted by atomic mass is 35.5. The van der Waals surface area contributed by atoms with Gasteiger partial charge in [-0.25, -0.2) is 0 Å². The first kappa shape index (κ1) is 12.2. The number of hydrogen-bond acceptors (Lipinski definition) is 1. The van der Waals surface area contributed by atoms with Gasteiger partial charge in [0.25, 0.3) is 0 Å². The molecule has 0 saturated heterocycles. The smallest absolute Gasteiger partial charge is 0.106 e. The van der Waals surface area contributed by atoms with Gasteiger partial charge in [0.2, 0.25) is 0 Å². The maximum absolute atomic E-state index is 6.28. The van der Waals surface area contributed by atoms with Crippen LogP contribution in [-0.4, -0.2) is 18.1 Å². The van der Waals surface area contributed by atoms with Crippen LogP contribution in [0.2, 0.25) is 5.02 Å². The molecule has 1 aromatic heterocycles. The van der Waals surface area contributed by atoms with Crippen LogP contribution in [-0.2, 0) is 19.5 Å². The third kappa shape index (κ3) is 2.33. The Bertz CT molecular complexity index is 563. The van der Waals surface area contributed by atoms with Crippen molar-refractivity contribution in [3.63, 3.8) is 0 Å². The van der Waals surface area contributed by atoms with Gasteiger partial charge in [-0.1, -0.05) is 29.8 Å². The molecule has 0 amide bonds. The van der Waals surface area contributed by atoms with Gasteiger partial charge in [-0.2, -0.15) is 0 Å². The summed E-state index contributed by atoms with van der Waals surface area (Å²) in [6.45, 7) is 3.36. The summed E-state index contributed by atoms with van der Waals surface area (Å²) in [6.07, 6.45) is 1.20. The van der Waals surface area contributed by atoms with Crippen molar-refractivity contribution in [3.8, 4) is 0 Å². The van der Waals surface area contributed by atoms with Crippen molar-refractivity contribution in [3.05, 3.63) is 56.7 Å². The van der Waals surface area contributed by atoms with E-state index in [0.29, 0.717) is 0 Å². The lowest BCUT2D eigenvalue weighted by Gasteiger charge is -2.38. The number of fused-ring (bicyclic) bond motifs is 1. The molecule has 1 aromatic carbocycles. The van der Waals surface area contributed by atoms with Crippen LogP contribution in [0.5, 0.6) is 0 Å². The van der Waals surface area contributed by atoms with Crippen molar-refractivity contribution in [2.45, 2.75) is 19.5 Å². The van der Waals surface area contributed by atoms with Crippen molar-refractivity contribution in [2.75, 3.05) is 13.6 Å². The van der Waals surface area contributed by atoms with Crippen LogP contribution < -0.4 is 0 Å². The second-order valence-electron chi connectivity index (χ2n) is 5.37. The first-order valence-electron chi connectivity index (χ1n) is 6.28. The Labute approximate surface area is 117 Å². The molecule has 1 aliphatic rings. The third-order valence-corrected chi connectivity index (χ3v) is 5.17. The third-order valence-electron chi connectivity index (χ3n) is 3.78. The maximum atomic E-state index is 6.28.